The van der Waals surface area contributed by atoms with E-state index in [0.29, 0.717) is 18.7 Å². The molecule has 0 saturated carbocycles. The molecule has 126 valence electrons. The number of hydrogen-bond acceptors (Lipinski definition) is 5. The Balaban J connectivity index is 1.63. The van der Waals surface area contributed by atoms with E-state index >= 15 is 0 Å². The summed E-state index contributed by atoms with van der Waals surface area (Å²) in [5.41, 5.74) is 5.75. The van der Waals surface area contributed by atoms with Crippen LogP contribution >= 0.6 is 11.3 Å². The molecule has 0 spiro atoms. The predicted octanol–water partition coefficient (Wildman–Crippen LogP) is 3.36. The lowest BCUT2D eigenvalue weighted by molar-refractivity contribution is 0.0733. The van der Waals surface area contributed by atoms with Crippen molar-refractivity contribution in [3.8, 4) is 11.3 Å². The standard InChI is InChI=1S/C19H18N4OS/c1-2-15-4-3-13(9-20-15)19(24)23-7-5-17-16(10-23)18(22-12-21-17)14-6-8-25-11-14/h3-4,6,8-9,11-12H,2,5,7,10H2,1H3. The molecule has 1 aliphatic rings. The Bertz CT molecular complexity index is 890. The molecule has 0 unspecified atom stereocenters. The van der Waals surface area contributed by atoms with Crippen LogP contribution in [0.2, 0.25) is 0 Å². The van der Waals surface area contributed by atoms with Crippen LogP contribution < -0.4 is 0 Å². The van der Waals surface area contributed by atoms with Crippen LogP contribution in [-0.4, -0.2) is 32.3 Å². The monoisotopic (exact) mass is 350 g/mol. The summed E-state index contributed by atoms with van der Waals surface area (Å²) in [7, 11) is 0. The van der Waals surface area contributed by atoms with Gasteiger partial charge in [-0.25, -0.2) is 9.97 Å². The van der Waals surface area contributed by atoms with Crippen molar-refractivity contribution in [3.63, 3.8) is 0 Å². The zero-order valence-corrected chi connectivity index (χ0v) is 14.8. The highest BCUT2D eigenvalue weighted by molar-refractivity contribution is 7.08. The molecular weight excluding hydrogens is 332 g/mol. The number of aryl methyl sites for hydroxylation is 1. The van der Waals surface area contributed by atoms with Crippen molar-refractivity contribution in [2.45, 2.75) is 26.3 Å². The lowest BCUT2D eigenvalue weighted by atomic mass is 10.0. The number of carbonyl (C=O) groups is 1. The van der Waals surface area contributed by atoms with Gasteiger partial charge in [-0.1, -0.05) is 6.92 Å². The van der Waals surface area contributed by atoms with Gasteiger partial charge in [0.25, 0.3) is 5.91 Å². The molecule has 4 rings (SSSR count). The molecule has 0 bridgehead atoms. The summed E-state index contributed by atoms with van der Waals surface area (Å²) in [5, 5.41) is 4.12. The van der Waals surface area contributed by atoms with Crippen LogP contribution in [0.25, 0.3) is 11.3 Å². The van der Waals surface area contributed by atoms with Crippen molar-refractivity contribution in [2.75, 3.05) is 6.54 Å². The fourth-order valence-corrected chi connectivity index (χ4v) is 3.75. The van der Waals surface area contributed by atoms with Crippen molar-refractivity contribution < 1.29 is 4.79 Å². The van der Waals surface area contributed by atoms with Crippen LogP contribution in [0.3, 0.4) is 0 Å². The van der Waals surface area contributed by atoms with Gasteiger partial charge in [-0.15, -0.1) is 0 Å². The molecule has 0 aromatic carbocycles. The van der Waals surface area contributed by atoms with Gasteiger partial charge < -0.3 is 4.90 Å². The Hall–Kier alpha value is -2.60. The van der Waals surface area contributed by atoms with E-state index in [0.717, 1.165) is 41.1 Å². The third kappa shape index (κ3) is 3.05. The number of hydrogen-bond donors (Lipinski definition) is 0. The van der Waals surface area contributed by atoms with E-state index in [-0.39, 0.29) is 5.91 Å². The first kappa shape index (κ1) is 15.9. The van der Waals surface area contributed by atoms with E-state index in [2.05, 4.69) is 33.3 Å². The Morgan fingerprint density at radius 2 is 2.16 bits per heavy atom. The number of nitrogens with zero attached hydrogens (tertiary/aromatic N) is 4. The molecule has 0 N–H and O–H groups in total. The number of pyridine rings is 1. The quantitative estimate of drug-likeness (QED) is 0.727. The summed E-state index contributed by atoms with van der Waals surface area (Å²) in [6, 6.07) is 5.84. The van der Waals surface area contributed by atoms with Gasteiger partial charge in [-0.3, -0.25) is 9.78 Å². The second-order valence-electron chi connectivity index (χ2n) is 6.03. The Morgan fingerprint density at radius 3 is 2.88 bits per heavy atom. The van der Waals surface area contributed by atoms with E-state index in [9.17, 15) is 4.79 Å². The van der Waals surface area contributed by atoms with E-state index < -0.39 is 0 Å². The van der Waals surface area contributed by atoms with E-state index in [4.69, 9.17) is 0 Å². The van der Waals surface area contributed by atoms with Crippen molar-refractivity contribution in [1.82, 2.24) is 19.9 Å². The molecule has 1 aliphatic heterocycles. The molecule has 3 aromatic rings. The Kier molecular flexibility index (Phi) is 4.28. The van der Waals surface area contributed by atoms with Crippen LogP contribution in [0.1, 0.15) is 34.2 Å². The van der Waals surface area contributed by atoms with E-state index in [1.54, 1.807) is 23.9 Å². The second-order valence-corrected chi connectivity index (χ2v) is 6.81. The van der Waals surface area contributed by atoms with Crippen molar-refractivity contribution >= 4 is 17.2 Å². The summed E-state index contributed by atoms with van der Waals surface area (Å²) < 4.78 is 0. The van der Waals surface area contributed by atoms with Gasteiger partial charge in [-0.2, -0.15) is 11.3 Å². The van der Waals surface area contributed by atoms with Crippen LogP contribution in [-0.2, 0) is 19.4 Å². The number of rotatable bonds is 3. The lowest BCUT2D eigenvalue weighted by Crippen LogP contribution is -2.36. The van der Waals surface area contributed by atoms with Gasteiger partial charge in [0.2, 0.25) is 0 Å². The first-order chi connectivity index (χ1) is 12.3. The summed E-state index contributed by atoms with van der Waals surface area (Å²) in [6.45, 7) is 3.26. The molecule has 0 saturated heterocycles. The highest BCUT2D eigenvalue weighted by atomic mass is 32.1. The van der Waals surface area contributed by atoms with Gasteiger partial charge >= 0.3 is 0 Å². The Labute approximate surface area is 150 Å². The van der Waals surface area contributed by atoms with Gasteiger partial charge in [-0.05, 0) is 30.0 Å². The third-order valence-corrected chi connectivity index (χ3v) is 5.20. The molecule has 3 aromatic heterocycles. The van der Waals surface area contributed by atoms with Gasteiger partial charge in [0.05, 0.1) is 17.0 Å². The highest BCUT2D eigenvalue weighted by Gasteiger charge is 2.25. The molecule has 0 fully saturated rings. The maximum absolute atomic E-state index is 12.9. The summed E-state index contributed by atoms with van der Waals surface area (Å²) in [4.78, 5) is 28.0. The fourth-order valence-electron chi connectivity index (χ4n) is 3.11. The van der Waals surface area contributed by atoms with Gasteiger partial charge in [0.1, 0.15) is 6.33 Å². The van der Waals surface area contributed by atoms with Crippen molar-refractivity contribution in [3.05, 3.63) is 64.0 Å². The Morgan fingerprint density at radius 1 is 1.24 bits per heavy atom. The second kappa shape index (κ2) is 6.72. The van der Waals surface area contributed by atoms with Crippen LogP contribution in [0, 0.1) is 0 Å². The van der Waals surface area contributed by atoms with E-state index in [1.165, 1.54) is 0 Å². The molecule has 4 heterocycles. The third-order valence-electron chi connectivity index (χ3n) is 4.52. The maximum atomic E-state index is 12.9. The number of carbonyl (C=O) groups excluding carboxylic acids is 1. The zero-order valence-electron chi connectivity index (χ0n) is 14.0. The minimum absolute atomic E-state index is 0.0147. The molecule has 0 radical (unpaired) electrons. The average Bonchev–Trinajstić information content (AvgIpc) is 3.21. The number of fused-ring (bicyclic) bond motifs is 1. The SMILES string of the molecule is CCc1ccc(C(=O)N2CCc3ncnc(-c4ccsc4)c3C2)cn1. The molecule has 0 atom stereocenters. The van der Waals surface area contributed by atoms with E-state index in [1.807, 2.05) is 22.4 Å². The first-order valence-electron chi connectivity index (χ1n) is 8.35. The van der Waals surface area contributed by atoms with Gasteiger partial charge in [0.15, 0.2) is 0 Å². The van der Waals surface area contributed by atoms with Crippen molar-refractivity contribution in [2.24, 2.45) is 0 Å². The minimum Gasteiger partial charge on any atom is -0.334 e. The normalized spacial score (nSPS) is 13.6. The van der Waals surface area contributed by atoms with Crippen LogP contribution in [0.15, 0.2) is 41.5 Å². The molecular formula is C19H18N4OS. The summed E-state index contributed by atoms with van der Waals surface area (Å²) >= 11 is 1.64. The van der Waals surface area contributed by atoms with Crippen LogP contribution in [0.5, 0.6) is 0 Å². The number of thiophene rings is 1. The first-order valence-corrected chi connectivity index (χ1v) is 9.30. The smallest absolute Gasteiger partial charge is 0.255 e. The summed E-state index contributed by atoms with van der Waals surface area (Å²) in [6.07, 6.45) is 4.92. The fraction of sp³-hybridized carbons (Fsp3) is 0.263. The number of amides is 1. The molecule has 5 nitrogen and oxygen atoms in total. The number of aromatic nitrogens is 3. The average molecular weight is 350 g/mol. The molecule has 0 aliphatic carbocycles. The lowest BCUT2D eigenvalue weighted by Gasteiger charge is -2.29. The molecule has 6 heteroatoms. The van der Waals surface area contributed by atoms with Crippen LogP contribution in [0.4, 0.5) is 0 Å². The maximum Gasteiger partial charge on any atom is 0.255 e. The largest absolute Gasteiger partial charge is 0.334 e. The molecule has 1 amide bonds. The predicted molar refractivity (Wildman–Crippen MR) is 97.4 cm³/mol. The minimum atomic E-state index is 0.0147. The van der Waals surface area contributed by atoms with Crippen molar-refractivity contribution in [1.29, 1.82) is 0 Å². The topological polar surface area (TPSA) is 59.0 Å². The zero-order chi connectivity index (χ0) is 17.2. The van der Waals surface area contributed by atoms with Gasteiger partial charge in [0, 0.05) is 47.9 Å². The highest BCUT2D eigenvalue weighted by Crippen LogP contribution is 2.29. The molecule has 25 heavy (non-hydrogen) atoms. The summed E-state index contributed by atoms with van der Waals surface area (Å²) in [5.74, 6) is 0.0147.